The maximum atomic E-state index is 13.1. The van der Waals surface area contributed by atoms with Gasteiger partial charge in [-0.05, 0) is 24.8 Å². The lowest BCUT2D eigenvalue weighted by molar-refractivity contribution is 0.0567. The molecule has 0 unspecified atom stereocenters. The second-order valence-electron chi connectivity index (χ2n) is 6.94. The molecule has 5 heteroatoms. The number of carbonyl (C=O) groups excluding carboxylic acids is 1. The summed E-state index contributed by atoms with van der Waals surface area (Å²) in [6.07, 6.45) is 12.3. The maximum absolute atomic E-state index is 13.1. The van der Waals surface area contributed by atoms with Gasteiger partial charge in [0, 0.05) is 37.4 Å². The summed E-state index contributed by atoms with van der Waals surface area (Å²) in [6.45, 7) is 0. The van der Waals surface area contributed by atoms with Crippen molar-refractivity contribution in [3.63, 3.8) is 0 Å². The first kappa shape index (κ1) is 15.8. The topological polar surface area (TPSA) is 50.5 Å². The van der Waals surface area contributed by atoms with Gasteiger partial charge in [0.05, 0.1) is 5.56 Å². The summed E-state index contributed by atoms with van der Waals surface area (Å²) >= 11 is 0. The van der Waals surface area contributed by atoms with Crippen molar-refractivity contribution in [2.45, 2.75) is 37.6 Å². The SMILES string of the molecule is CN(C(=O)c1cnc2nccn2c1)C1(Cc2ccccc2)CCCC1. The van der Waals surface area contributed by atoms with Crippen molar-refractivity contribution in [2.75, 3.05) is 7.05 Å². The van der Waals surface area contributed by atoms with Crippen LogP contribution in [0.25, 0.3) is 5.78 Å². The summed E-state index contributed by atoms with van der Waals surface area (Å²) in [5.41, 5.74) is 1.78. The molecule has 0 spiro atoms. The van der Waals surface area contributed by atoms with Crippen LogP contribution in [0, 0.1) is 0 Å². The fourth-order valence-corrected chi connectivity index (χ4v) is 3.98. The van der Waals surface area contributed by atoms with Crippen molar-refractivity contribution >= 4 is 11.7 Å². The molecule has 2 aromatic heterocycles. The fraction of sp³-hybridized carbons (Fsp3) is 0.350. The molecular weight excluding hydrogens is 312 g/mol. The van der Waals surface area contributed by atoms with Gasteiger partial charge in [-0.15, -0.1) is 0 Å². The van der Waals surface area contributed by atoms with Crippen LogP contribution in [0.2, 0.25) is 0 Å². The standard InChI is InChI=1S/C20H22N4O/c1-23(18(25)17-14-22-19-21-11-12-24(19)15-17)20(9-5-6-10-20)13-16-7-3-2-4-8-16/h2-4,7-8,11-12,14-15H,5-6,9-10,13H2,1H3. The van der Waals surface area contributed by atoms with Crippen LogP contribution in [-0.4, -0.2) is 37.8 Å². The van der Waals surface area contributed by atoms with Crippen molar-refractivity contribution in [2.24, 2.45) is 0 Å². The van der Waals surface area contributed by atoms with Crippen LogP contribution in [0.15, 0.2) is 55.1 Å². The molecule has 2 heterocycles. The van der Waals surface area contributed by atoms with E-state index in [1.807, 2.05) is 30.4 Å². The third kappa shape index (κ3) is 2.90. The highest BCUT2D eigenvalue weighted by Gasteiger charge is 2.40. The Kier molecular flexibility index (Phi) is 3.99. The summed E-state index contributed by atoms with van der Waals surface area (Å²) in [7, 11) is 1.94. The highest BCUT2D eigenvalue weighted by molar-refractivity contribution is 5.94. The van der Waals surface area contributed by atoms with Crippen molar-refractivity contribution in [1.29, 1.82) is 0 Å². The number of carbonyl (C=O) groups is 1. The van der Waals surface area contributed by atoms with Gasteiger partial charge >= 0.3 is 0 Å². The zero-order chi connectivity index (χ0) is 17.3. The molecule has 1 aliphatic rings. The molecule has 1 fully saturated rings. The lowest BCUT2D eigenvalue weighted by Gasteiger charge is -2.39. The molecule has 0 N–H and O–H groups in total. The monoisotopic (exact) mass is 334 g/mol. The lowest BCUT2D eigenvalue weighted by Crippen LogP contribution is -2.49. The normalized spacial score (nSPS) is 16.2. The molecule has 0 atom stereocenters. The summed E-state index contributed by atoms with van der Waals surface area (Å²) in [4.78, 5) is 23.5. The van der Waals surface area contributed by atoms with Crippen LogP contribution in [0.3, 0.4) is 0 Å². The number of imidazole rings is 1. The van der Waals surface area contributed by atoms with E-state index in [4.69, 9.17) is 0 Å². The van der Waals surface area contributed by atoms with E-state index in [2.05, 4.69) is 34.2 Å². The van der Waals surface area contributed by atoms with Gasteiger partial charge in [-0.1, -0.05) is 43.2 Å². The van der Waals surface area contributed by atoms with Gasteiger partial charge in [-0.2, -0.15) is 0 Å². The molecule has 0 radical (unpaired) electrons. The zero-order valence-corrected chi connectivity index (χ0v) is 14.4. The Bertz CT molecular complexity index is 881. The number of hydrogen-bond donors (Lipinski definition) is 0. The van der Waals surface area contributed by atoms with Crippen LogP contribution in [0.5, 0.6) is 0 Å². The smallest absolute Gasteiger partial charge is 0.257 e. The van der Waals surface area contributed by atoms with E-state index in [-0.39, 0.29) is 11.4 Å². The number of fused-ring (bicyclic) bond motifs is 1. The van der Waals surface area contributed by atoms with Crippen LogP contribution in [0.1, 0.15) is 41.6 Å². The molecule has 0 saturated heterocycles. The average molecular weight is 334 g/mol. The first-order valence-electron chi connectivity index (χ1n) is 8.79. The second kappa shape index (κ2) is 6.31. The molecule has 25 heavy (non-hydrogen) atoms. The molecular formula is C20H22N4O. The summed E-state index contributed by atoms with van der Waals surface area (Å²) in [5.74, 6) is 0.639. The first-order valence-corrected chi connectivity index (χ1v) is 8.79. The van der Waals surface area contributed by atoms with Crippen molar-refractivity contribution < 1.29 is 4.79 Å². The van der Waals surface area contributed by atoms with E-state index in [1.165, 1.54) is 18.4 Å². The minimum atomic E-state index is -0.109. The third-order valence-corrected chi connectivity index (χ3v) is 5.42. The molecule has 128 valence electrons. The van der Waals surface area contributed by atoms with Crippen LogP contribution >= 0.6 is 0 Å². The molecule has 0 bridgehead atoms. The number of amides is 1. The number of likely N-dealkylation sites (N-methyl/N-ethyl adjacent to an activating group) is 1. The molecule has 1 aromatic carbocycles. The number of hydrogen-bond acceptors (Lipinski definition) is 3. The Labute approximate surface area is 147 Å². The van der Waals surface area contributed by atoms with Crippen molar-refractivity contribution in [3.05, 3.63) is 66.2 Å². The lowest BCUT2D eigenvalue weighted by atomic mass is 9.87. The number of rotatable bonds is 4. The van der Waals surface area contributed by atoms with Gasteiger partial charge in [-0.25, -0.2) is 9.97 Å². The summed E-state index contributed by atoms with van der Waals surface area (Å²) in [5, 5.41) is 0. The van der Waals surface area contributed by atoms with Gasteiger partial charge in [-0.3, -0.25) is 9.20 Å². The first-order chi connectivity index (χ1) is 12.2. The molecule has 1 saturated carbocycles. The highest BCUT2D eigenvalue weighted by Crippen LogP contribution is 2.38. The van der Waals surface area contributed by atoms with Crippen LogP contribution in [0.4, 0.5) is 0 Å². The molecule has 0 aliphatic heterocycles. The fourth-order valence-electron chi connectivity index (χ4n) is 3.98. The van der Waals surface area contributed by atoms with E-state index in [1.54, 1.807) is 16.8 Å². The Balaban J connectivity index is 1.63. The Morgan fingerprint density at radius 1 is 1.20 bits per heavy atom. The van der Waals surface area contributed by atoms with E-state index in [0.29, 0.717) is 11.3 Å². The summed E-state index contributed by atoms with van der Waals surface area (Å²) < 4.78 is 1.79. The molecule has 1 amide bonds. The molecule has 1 aliphatic carbocycles. The van der Waals surface area contributed by atoms with Gasteiger partial charge in [0.25, 0.3) is 5.91 Å². The van der Waals surface area contributed by atoms with E-state index >= 15 is 0 Å². The number of benzene rings is 1. The predicted octanol–water partition coefficient (Wildman–Crippen LogP) is 3.36. The summed E-state index contributed by atoms with van der Waals surface area (Å²) in [6, 6.07) is 10.5. The average Bonchev–Trinajstić information content (AvgIpc) is 3.30. The van der Waals surface area contributed by atoms with Crippen molar-refractivity contribution in [1.82, 2.24) is 19.3 Å². The van der Waals surface area contributed by atoms with Gasteiger partial charge in [0.1, 0.15) is 0 Å². The molecule has 4 rings (SSSR count). The molecule has 5 nitrogen and oxygen atoms in total. The van der Waals surface area contributed by atoms with Crippen LogP contribution < -0.4 is 0 Å². The number of nitrogens with zero attached hydrogens (tertiary/aromatic N) is 4. The van der Waals surface area contributed by atoms with Crippen molar-refractivity contribution in [3.8, 4) is 0 Å². The Morgan fingerprint density at radius 2 is 1.96 bits per heavy atom. The van der Waals surface area contributed by atoms with Gasteiger partial charge < -0.3 is 4.90 Å². The van der Waals surface area contributed by atoms with Gasteiger partial charge in [0.2, 0.25) is 5.78 Å². The minimum absolute atomic E-state index is 0.0286. The Hall–Kier alpha value is -2.69. The largest absolute Gasteiger partial charge is 0.336 e. The van der Waals surface area contributed by atoms with Gasteiger partial charge in [0.15, 0.2) is 0 Å². The zero-order valence-electron chi connectivity index (χ0n) is 14.4. The van der Waals surface area contributed by atoms with E-state index in [0.717, 1.165) is 19.3 Å². The minimum Gasteiger partial charge on any atom is -0.336 e. The highest BCUT2D eigenvalue weighted by atomic mass is 16.2. The predicted molar refractivity (Wildman–Crippen MR) is 96.4 cm³/mol. The molecule has 3 aromatic rings. The maximum Gasteiger partial charge on any atom is 0.257 e. The quantitative estimate of drug-likeness (QED) is 0.735. The van der Waals surface area contributed by atoms with Crippen LogP contribution in [-0.2, 0) is 6.42 Å². The second-order valence-corrected chi connectivity index (χ2v) is 6.94. The third-order valence-electron chi connectivity index (χ3n) is 5.42. The Morgan fingerprint density at radius 3 is 2.72 bits per heavy atom. The van der Waals surface area contributed by atoms with E-state index in [9.17, 15) is 4.79 Å². The van der Waals surface area contributed by atoms with E-state index < -0.39 is 0 Å². The number of aromatic nitrogens is 3.